The van der Waals surface area contributed by atoms with Crippen molar-refractivity contribution in [1.29, 1.82) is 0 Å². The summed E-state index contributed by atoms with van der Waals surface area (Å²) in [6.07, 6.45) is 0. The molecule has 2 aromatic rings. The molecule has 20 heavy (non-hydrogen) atoms. The maximum atomic E-state index is 13.7. The van der Waals surface area contributed by atoms with Crippen LogP contribution in [-0.4, -0.2) is 13.2 Å². The van der Waals surface area contributed by atoms with E-state index in [2.05, 4.69) is 5.32 Å². The van der Waals surface area contributed by atoms with E-state index < -0.39 is 0 Å². The number of benzene rings is 2. The van der Waals surface area contributed by atoms with Crippen molar-refractivity contribution in [3.63, 3.8) is 0 Å². The van der Waals surface area contributed by atoms with Crippen LogP contribution in [0.4, 0.5) is 4.39 Å². The first-order valence-electron chi connectivity index (χ1n) is 6.97. The van der Waals surface area contributed by atoms with Gasteiger partial charge in [-0.25, -0.2) is 4.39 Å². The van der Waals surface area contributed by atoms with Gasteiger partial charge in [0.25, 0.3) is 0 Å². The lowest BCUT2D eigenvalue weighted by Crippen LogP contribution is -2.12. The fourth-order valence-corrected chi connectivity index (χ4v) is 2.06. The summed E-state index contributed by atoms with van der Waals surface area (Å²) in [6.45, 7) is 6.00. The second-order valence-electron chi connectivity index (χ2n) is 4.54. The number of rotatable bonds is 6. The molecule has 0 aromatic heterocycles. The number of halogens is 1. The zero-order valence-electron chi connectivity index (χ0n) is 11.9. The number of nitrogens with one attached hydrogen (secondary N) is 1. The predicted molar refractivity (Wildman–Crippen MR) is 80.4 cm³/mol. The van der Waals surface area contributed by atoms with Gasteiger partial charge in [0, 0.05) is 12.1 Å². The smallest absolute Gasteiger partial charge is 0.127 e. The van der Waals surface area contributed by atoms with Crippen LogP contribution in [0.15, 0.2) is 42.5 Å². The fourth-order valence-electron chi connectivity index (χ4n) is 2.06. The van der Waals surface area contributed by atoms with E-state index in [-0.39, 0.29) is 5.82 Å². The Morgan fingerprint density at radius 1 is 1.00 bits per heavy atom. The van der Waals surface area contributed by atoms with Crippen LogP contribution in [0.1, 0.15) is 19.4 Å². The highest BCUT2D eigenvalue weighted by molar-refractivity contribution is 5.65. The molecule has 0 radical (unpaired) electrons. The van der Waals surface area contributed by atoms with E-state index in [1.807, 2.05) is 44.2 Å². The zero-order valence-corrected chi connectivity index (χ0v) is 11.9. The molecule has 0 aliphatic carbocycles. The van der Waals surface area contributed by atoms with Crippen LogP contribution < -0.4 is 10.1 Å². The average Bonchev–Trinajstić information content (AvgIpc) is 2.48. The molecule has 0 aliphatic rings. The van der Waals surface area contributed by atoms with Crippen LogP contribution in [0.25, 0.3) is 11.1 Å². The Labute approximate surface area is 119 Å². The lowest BCUT2D eigenvalue weighted by molar-refractivity contribution is 0.340. The molecule has 0 unspecified atom stereocenters. The molecule has 106 valence electrons. The highest BCUT2D eigenvalue weighted by Gasteiger charge is 2.05. The molecule has 0 saturated carbocycles. The first-order chi connectivity index (χ1) is 9.74. The van der Waals surface area contributed by atoms with Crippen molar-refractivity contribution in [3.8, 4) is 16.9 Å². The van der Waals surface area contributed by atoms with Crippen molar-refractivity contribution in [1.82, 2.24) is 5.32 Å². The molecule has 3 heteroatoms. The molecule has 0 heterocycles. The number of hydrogen-bond donors (Lipinski definition) is 1. The van der Waals surface area contributed by atoms with E-state index in [9.17, 15) is 4.39 Å². The van der Waals surface area contributed by atoms with Crippen molar-refractivity contribution in [2.45, 2.75) is 20.4 Å². The molecule has 0 spiro atoms. The minimum atomic E-state index is -0.166. The summed E-state index contributed by atoms with van der Waals surface area (Å²) in [7, 11) is 0. The highest BCUT2D eigenvalue weighted by Crippen LogP contribution is 2.24. The fraction of sp³-hybridized carbons (Fsp3) is 0.294. The molecular formula is C17H20FNO. The van der Waals surface area contributed by atoms with Gasteiger partial charge in [0.1, 0.15) is 11.6 Å². The monoisotopic (exact) mass is 273 g/mol. The Kier molecular flexibility index (Phi) is 5.13. The summed E-state index contributed by atoms with van der Waals surface area (Å²) in [4.78, 5) is 0. The minimum Gasteiger partial charge on any atom is -0.494 e. The van der Waals surface area contributed by atoms with Gasteiger partial charge < -0.3 is 10.1 Å². The number of ether oxygens (including phenoxy) is 1. The quantitative estimate of drug-likeness (QED) is 0.859. The van der Waals surface area contributed by atoms with Gasteiger partial charge in [-0.3, -0.25) is 0 Å². The van der Waals surface area contributed by atoms with Gasteiger partial charge in [-0.05, 0) is 48.9 Å². The first-order valence-corrected chi connectivity index (χ1v) is 6.97. The second kappa shape index (κ2) is 7.06. The van der Waals surface area contributed by atoms with E-state index in [1.165, 1.54) is 6.07 Å². The third-order valence-corrected chi connectivity index (χ3v) is 3.11. The Morgan fingerprint density at radius 3 is 2.35 bits per heavy atom. The van der Waals surface area contributed by atoms with Crippen LogP contribution in [-0.2, 0) is 6.54 Å². The molecule has 2 aromatic carbocycles. The SMILES string of the molecule is CCNCc1cc(-c2ccc(OCC)cc2)ccc1F. The maximum absolute atomic E-state index is 13.7. The van der Waals surface area contributed by atoms with Crippen LogP contribution in [0.5, 0.6) is 5.75 Å². The van der Waals surface area contributed by atoms with Gasteiger partial charge in [0.05, 0.1) is 6.61 Å². The minimum absolute atomic E-state index is 0.166. The largest absolute Gasteiger partial charge is 0.494 e. The predicted octanol–water partition coefficient (Wildman–Crippen LogP) is 4.00. The van der Waals surface area contributed by atoms with E-state index >= 15 is 0 Å². The topological polar surface area (TPSA) is 21.3 Å². The zero-order chi connectivity index (χ0) is 14.4. The van der Waals surface area contributed by atoms with Gasteiger partial charge >= 0.3 is 0 Å². The summed E-state index contributed by atoms with van der Waals surface area (Å²) in [5.41, 5.74) is 2.77. The normalized spacial score (nSPS) is 10.6. The molecular weight excluding hydrogens is 253 g/mol. The van der Waals surface area contributed by atoms with Crippen LogP contribution >= 0.6 is 0 Å². The van der Waals surface area contributed by atoms with Gasteiger partial charge in [-0.1, -0.05) is 25.1 Å². The summed E-state index contributed by atoms with van der Waals surface area (Å²) in [5, 5.41) is 3.15. The molecule has 0 bridgehead atoms. The Hall–Kier alpha value is -1.87. The Balaban J connectivity index is 2.23. The molecule has 0 amide bonds. The van der Waals surface area contributed by atoms with Crippen LogP contribution in [0.3, 0.4) is 0 Å². The molecule has 0 aliphatic heterocycles. The standard InChI is InChI=1S/C17H20FNO/c1-3-19-12-15-11-14(7-10-17(15)18)13-5-8-16(9-6-13)20-4-2/h5-11,19H,3-4,12H2,1-2H3. The molecule has 2 rings (SSSR count). The molecule has 0 atom stereocenters. The van der Waals surface area contributed by atoms with E-state index in [0.29, 0.717) is 18.7 Å². The van der Waals surface area contributed by atoms with Crippen LogP contribution in [0.2, 0.25) is 0 Å². The first kappa shape index (κ1) is 14.5. The van der Waals surface area contributed by atoms with E-state index in [1.54, 1.807) is 6.07 Å². The number of hydrogen-bond acceptors (Lipinski definition) is 2. The maximum Gasteiger partial charge on any atom is 0.127 e. The molecule has 1 N–H and O–H groups in total. The molecule has 2 nitrogen and oxygen atoms in total. The van der Waals surface area contributed by atoms with Gasteiger partial charge in [0.15, 0.2) is 0 Å². The van der Waals surface area contributed by atoms with E-state index in [0.717, 1.165) is 23.4 Å². The summed E-state index contributed by atoms with van der Waals surface area (Å²) in [5.74, 6) is 0.687. The Bertz CT molecular complexity index is 551. The summed E-state index contributed by atoms with van der Waals surface area (Å²) >= 11 is 0. The highest BCUT2D eigenvalue weighted by atomic mass is 19.1. The summed E-state index contributed by atoms with van der Waals surface area (Å²) < 4.78 is 19.1. The lowest BCUT2D eigenvalue weighted by atomic mass is 10.0. The van der Waals surface area contributed by atoms with Gasteiger partial charge in [-0.15, -0.1) is 0 Å². The van der Waals surface area contributed by atoms with Crippen LogP contribution in [0, 0.1) is 5.82 Å². The van der Waals surface area contributed by atoms with Crippen molar-refractivity contribution in [3.05, 3.63) is 53.8 Å². The van der Waals surface area contributed by atoms with Gasteiger partial charge in [-0.2, -0.15) is 0 Å². The molecule has 0 fully saturated rings. The second-order valence-corrected chi connectivity index (χ2v) is 4.54. The van der Waals surface area contributed by atoms with Crippen molar-refractivity contribution >= 4 is 0 Å². The third-order valence-electron chi connectivity index (χ3n) is 3.11. The van der Waals surface area contributed by atoms with Crippen molar-refractivity contribution < 1.29 is 9.13 Å². The average molecular weight is 273 g/mol. The lowest BCUT2D eigenvalue weighted by Gasteiger charge is -2.09. The van der Waals surface area contributed by atoms with E-state index in [4.69, 9.17) is 4.74 Å². The van der Waals surface area contributed by atoms with Gasteiger partial charge in [0.2, 0.25) is 0 Å². The molecule has 0 saturated heterocycles. The van der Waals surface area contributed by atoms with Crippen molar-refractivity contribution in [2.75, 3.05) is 13.2 Å². The Morgan fingerprint density at radius 2 is 1.70 bits per heavy atom. The third kappa shape index (κ3) is 3.58. The van der Waals surface area contributed by atoms with Crippen molar-refractivity contribution in [2.24, 2.45) is 0 Å². The summed E-state index contributed by atoms with van der Waals surface area (Å²) in [6, 6.07) is 13.1.